The van der Waals surface area contributed by atoms with Crippen molar-refractivity contribution in [2.45, 2.75) is 77.2 Å². The van der Waals surface area contributed by atoms with Gasteiger partial charge in [0.2, 0.25) is 17.7 Å². The second-order valence-electron chi connectivity index (χ2n) is 6.96. The van der Waals surface area contributed by atoms with Crippen LogP contribution in [0.25, 0.3) is 0 Å². The molecule has 0 heterocycles. The van der Waals surface area contributed by atoms with Crippen molar-refractivity contribution in [3.63, 3.8) is 0 Å². The molecule has 28 heavy (non-hydrogen) atoms. The van der Waals surface area contributed by atoms with Gasteiger partial charge >= 0.3 is 0 Å². The summed E-state index contributed by atoms with van der Waals surface area (Å²) < 4.78 is 0. The number of amides is 3. The van der Waals surface area contributed by atoms with E-state index < -0.39 is 5.91 Å². The smallest absolute Gasteiger partial charge is 0.243 e. The lowest BCUT2D eigenvalue weighted by Gasteiger charge is -2.18. The maximum atomic E-state index is 12.2. The van der Waals surface area contributed by atoms with E-state index in [0.29, 0.717) is 38.5 Å². The van der Waals surface area contributed by atoms with Crippen LogP contribution in [0.1, 0.15) is 71.1 Å². The van der Waals surface area contributed by atoms with Gasteiger partial charge in [0.25, 0.3) is 0 Å². The average molecular weight is 392 g/mol. The molecule has 3 amide bonds. The molecule has 0 aliphatic rings. The van der Waals surface area contributed by atoms with Crippen molar-refractivity contribution in [3.8, 4) is 0 Å². The van der Waals surface area contributed by atoms with Crippen molar-refractivity contribution in [1.29, 1.82) is 0 Å². The largest absolute Gasteiger partial charge is 0.353 e. The quantitative estimate of drug-likeness (QED) is 0.221. The van der Waals surface area contributed by atoms with E-state index in [-0.39, 0.29) is 24.3 Å². The Morgan fingerprint density at radius 1 is 0.857 bits per heavy atom. The SMILES string of the molecule is CCCCC(CCCC(=O)NO)NC(=O)CCCCC(=O)Nc1ccccc1. The van der Waals surface area contributed by atoms with Gasteiger partial charge in [-0.1, -0.05) is 38.0 Å². The summed E-state index contributed by atoms with van der Waals surface area (Å²) in [4.78, 5) is 35.2. The Labute approximate surface area is 167 Å². The monoisotopic (exact) mass is 391 g/mol. The average Bonchev–Trinajstić information content (AvgIpc) is 2.69. The van der Waals surface area contributed by atoms with E-state index in [9.17, 15) is 14.4 Å². The Bertz CT molecular complexity index is 593. The highest BCUT2D eigenvalue weighted by Crippen LogP contribution is 2.11. The van der Waals surface area contributed by atoms with E-state index in [0.717, 1.165) is 24.9 Å². The highest BCUT2D eigenvalue weighted by Gasteiger charge is 2.13. The summed E-state index contributed by atoms with van der Waals surface area (Å²) in [5.41, 5.74) is 2.40. The Morgan fingerprint density at radius 2 is 1.46 bits per heavy atom. The third-order valence-electron chi connectivity index (χ3n) is 4.47. The molecule has 1 aromatic rings. The maximum Gasteiger partial charge on any atom is 0.243 e. The number of rotatable bonds is 14. The van der Waals surface area contributed by atoms with Crippen molar-refractivity contribution in [2.24, 2.45) is 0 Å². The van der Waals surface area contributed by atoms with Crippen molar-refractivity contribution in [2.75, 3.05) is 5.32 Å². The zero-order valence-corrected chi connectivity index (χ0v) is 16.7. The molecule has 0 saturated carbocycles. The van der Waals surface area contributed by atoms with Crippen molar-refractivity contribution in [1.82, 2.24) is 10.8 Å². The van der Waals surface area contributed by atoms with Gasteiger partial charge in [0.05, 0.1) is 0 Å². The second-order valence-corrected chi connectivity index (χ2v) is 6.96. The van der Waals surface area contributed by atoms with Gasteiger partial charge in [0.15, 0.2) is 0 Å². The number of para-hydroxylation sites is 1. The lowest BCUT2D eigenvalue weighted by molar-refractivity contribution is -0.129. The summed E-state index contributed by atoms with van der Waals surface area (Å²) in [5.74, 6) is -0.472. The van der Waals surface area contributed by atoms with Crippen LogP contribution < -0.4 is 16.1 Å². The first-order valence-electron chi connectivity index (χ1n) is 10.1. The Morgan fingerprint density at radius 3 is 2.11 bits per heavy atom. The fraction of sp³-hybridized carbons (Fsp3) is 0.571. The minimum Gasteiger partial charge on any atom is -0.353 e. The van der Waals surface area contributed by atoms with Crippen LogP contribution in [0.2, 0.25) is 0 Å². The van der Waals surface area contributed by atoms with Crippen LogP contribution in [-0.2, 0) is 14.4 Å². The summed E-state index contributed by atoms with van der Waals surface area (Å²) in [6.45, 7) is 2.10. The van der Waals surface area contributed by atoms with Crippen molar-refractivity contribution in [3.05, 3.63) is 30.3 Å². The standard InChI is InChI=1S/C21H33N3O4/c1-2-3-10-17(13-9-16-21(27)24-28)22-19(25)14-7-8-15-20(26)23-18-11-5-4-6-12-18/h4-6,11-12,17,28H,2-3,7-10,13-16H2,1H3,(H,22,25)(H,23,26)(H,24,27). The summed E-state index contributed by atoms with van der Waals surface area (Å²) in [5, 5.41) is 14.4. The van der Waals surface area contributed by atoms with Crippen LogP contribution >= 0.6 is 0 Å². The molecule has 0 aliphatic heterocycles. The fourth-order valence-corrected chi connectivity index (χ4v) is 2.92. The van der Waals surface area contributed by atoms with Gasteiger partial charge in [-0.3, -0.25) is 19.6 Å². The lowest BCUT2D eigenvalue weighted by Crippen LogP contribution is -2.35. The molecule has 0 spiro atoms. The molecule has 7 heteroatoms. The molecule has 1 atom stereocenters. The molecule has 0 fully saturated rings. The van der Waals surface area contributed by atoms with E-state index in [4.69, 9.17) is 5.21 Å². The van der Waals surface area contributed by atoms with Crippen LogP contribution in [-0.4, -0.2) is 29.0 Å². The van der Waals surface area contributed by atoms with Gasteiger partial charge < -0.3 is 10.6 Å². The molecule has 0 radical (unpaired) electrons. The molecule has 0 saturated heterocycles. The van der Waals surface area contributed by atoms with Gasteiger partial charge in [-0.25, -0.2) is 5.48 Å². The zero-order chi connectivity index (χ0) is 20.6. The predicted octanol–water partition coefficient (Wildman–Crippen LogP) is 3.54. The molecule has 1 aromatic carbocycles. The minimum absolute atomic E-state index is 0.0174. The van der Waals surface area contributed by atoms with Crippen molar-refractivity contribution < 1.29 is 19.6 Å². The second kappa shape index (κ2) is 14.6. The van der Waals surface area contributed by atoms with Crippen LogP contribution in [0.5, 0.6) is 0 Å². The molecule has 0 aromatic heterocycles. The fourth-order valence-electron chi connectivity index (χ4n) is 2.92. The van der Waals surface area contributed by atoms with Gasteiger partial charge in [-0.2, -0.15) is 0 Å². The first kappa shape index (κ1) is 23.6. The highest BCUT2D eigenvalue weighted by atomic mass is 16.5. The summed E-state index contributed by atoms with van der Waals surface area (Å²) in [7, 11) is 0. The molecule has 7 nitrogen and oxygen atoms in total. The predicted molar refractivity (Wildman–Crippen MR) is 109 cm³/mol. The summed E-state index contributed by atoms with van der Waals surface area (Å²) >= 11 is 0. The third-order valence-corrected chi connectivity index (χ3v) is 4.47. The first-order chi connectivity index (χ1) is 13.5. The summed E-state index contributed by atoms with van der Waals surface area (Å²) in [6.07, 6.45) is 6.57. The topological polar surface area (TPSA) is 108 Å². The third kappa shape index (κ3) is 11.3. The number of nitrogens with one attached hydrogen (secondary N) is 3. The maximum absolute atomic E-state index is 12.2. The van der Waals surface area contributed by atoms with Crippen LogP contribution in [0.3, 0.4) is 0 Å². The summed E-state index contributed by atoms with van der Waals surface area (Å²) in [6, 6.07) is 9.35. The number of hydroxylamine groups is 1. The first-order valence-corrected chi connectivity index (χ1v) is 10.1. The number of benzene rings is 1. The van der Waals surface area contributed by atoms with Crippen LogP contribution in [0.15, 0.2) is 30.3 Å². The Balaban J connectivity index is 2.23. The number of carbonyl (C=O) groups excluding carboxylic acids is 3. The molecular formula is C21H33N3O4. The molecule has 156 valence electrons. The number of hydrogen-bond acceptors (Lipinski definition) is 4. The van der Waals surface area contributed by atoms with E-state index in [1.807, 2.05) is 30.3 Å². The van der Waals surface area contributed by atoms with Gasteiger partial charge in [-0.05, 0) is 44.2 Å². The molecule has 1 unspecified atom stereocenters. The lowest BCUT2D eigenvalue weighted by atomic mass is 10.0. The zero-order valence-electron chi connectivity index (χ0n) is 16.7. The van der Waals surface area contributed by atoms with Crippen LogP contribution in [0.4, 0.5) is 5.69 Å². The van der Waals surface area contributed by atoms with Crippen molar-refractivity contribution >= 4 is 23.4 Å². The number of unbranched alkanes of at least 4 members (excludes halogenated alkanes) is 2. The molecule has 4 N–H and O–H groups in total. The number of hydrogen-bond donors (Lipinski definition) is 4. The normalized spacial score (nSPS) is 11.5. The number of anilines is 1. The van der Waals surface area contributed by atoms with Crippen LogP contribution in [0, 0.1) is 0 Å². The van der Waals surface area contributed by atoms with Gasteiger partial charge in [0, 0.05) is 31.0 Å². The van der Waals surface area contributed by atoms with E-state index in [2.05, 4.69) is 17.6 Å². The number of carbonyl (C=O) groups is 3. The van der Waals surface area contributed by atoms with E-state index in [1.54, 1.807) is 5.48 Å². The molecule has 1 rings (SSSR count). The Kier molecular flexibility index (Phi) is 12.3. The van der Waals surface area contributed by atoms with E-state index in [1.165, 1.54) is 0 Å². The van der Waals surface area contributed by atoms with Gasteiger partial charge in [0.1, 0.15) is 0 Å². The molecular weight excluding hydrogens is 358 g/mol. The minimum atomic E-state index is -0.408. The van der Waals surface area contributed by atoms with E-state index >= 15 is 0 Å². The van der Waals surface area contributed by atoms with Gasteiger partial charge in [-0.15, -0.1) is 0 Å². The highest BCUT2D eigenvalue weighted by molar-refractivity contribution is 5.90. The Hall–Kier alpha value is -2.41. The molecule has 0 aliphatic carbocycles. The molecule has 0 bridgehead atoms.